The fourth-order valence-electron chi connectivity index (χ4n) is 6.35. The fraction of sp³-hybridized carbons (Fsp3) is 0.474. The van der Waals surface area contributed by atoms with Crippen molar-refractivity contribution in [2.45, 2.75) is 95.0 Å². The van der Waals surface area contributed by atoms with E-state index in [0.717, 1.165) is 23.6 Å². The van der Waals surface area contributed by atoms with Crippen LogP contribution in [0.1, 0.15) is 30.5 Å². The Morgan fingerprint density at radius 2 is 1.07 bits per heavy atom. The number of nitrogens with zero attached hydrogens (tertiary/aromatic N) is 6. The first-order chi connectivity index (χ1) is 26.8. The van der Waals surface area contributed by atoms with Crippen LogP contribution in [0.2, 0.25) is 0 Å². The number of rotatable bonds is 18. The topological polar surface area (TPSA) is 215 Å². The van der Waals surface area contributed by atoms with Crippen LogP contribution < -0.4 is 0 Å². The molecule has 0 spiro atoms. The molecule has 0 aliphatic carbocycles. The molecule has 2 aliphatic heterocycles. The maximum absolute atomic E-state index is 12.1. The third kappa shape index (κ3) is 11.7. The van der Waals surface area contributed by atoms with Gasteiger partial charge in [0.15, 0.2) is 12.6 Å². The number of esters is 2. The van der Waals surface area contributed by atoms with Crippen LogP contribution >= 0.6 is 0 Å². The Labute approximate surface area is 317 Å². The molecule has 2 fully saturated rings. The minimum atomic E-state index is -1.39. The Morgan fingerprint density at radius 3 is 1.56 bits per heavy atom. The molecule has 1 unspecified atom stereocenters. The summed E-state index contributed by atoms with van der Waals surface area (Å²) in [4.78, 5) is 29.7. The molecule has 0 amide bonds. The van der Waals surface area contributed by atoms with Crippen molar-refractivity contribution >= 4 is 11.9 Å². The van der Waals surface area contributed by atoms with E-state index >= 15 is 0 Å². The first-order valence-electron chi connectivity index (χ1n) is 17.6. The van der Waals surface area contributed by atoms with Crippen molar-refractivity contribution in [2.75, 3.05) is 20.3 Å². The van der Waals surface area contributed by atoms with E-state index in [1.165, 1.54) is 14.0 Å². The summed E-state index contributed by atoms with van der Waals surface area (Å²) in [5, 5.41) is 7.60. The van der Waals surface area contributed by atoms with Gasteiger partial charge in [0.2, 0.25) is 0 Å². The van der Waals surface area contributed by atoms with Gasteiger partial charge in [-0.25, -0.2) is 0 Å². The number of carbonyl (C=O) groups excluding carboxylic acids is 2. The number of ether oxygens (including phenoxy) is 9. The molecule has 55 heavy (non-hydrogen) atoms. The Balaban J connectivity index is 1.47. The highest BCUT2D eigenvalue weighted by molar-refractivity contribution is 5.66. The van der Waals surface area contributed by atoms with E-state index in [4.69, 9.17) is 42.6 Å². The van der Waals surface area contributed by atoms with Crippen molar-refractivity contribution in [1.29, 1.82) is 0 Å². The van der Waals surface area contributed by atoms with E-state index < -0.39 is 79.8 Å². The van der Waals surface area contributed by atoms with Crippen LogP contribution in [0.25, 0.3) is 20.9 Å². The summed E-state index contributed by atoms with van der Waals surface area (Å²) in [6, 6.07) is 26.2. The summed E-state index contributed by atoms with van der Waals surface area (Å²) in [7, 11) is 1.49. The van der Waals surface area contributed by atoms with Gasteiger partial charge in [0.25, 0.3) is 0 Å². The highest BCUT2D eigenvalue weighted by Crippen LogP contribution is 2.34. The molecule has 2 aliphatic rings. The SMILES string of the molecule is CO[C@H]1O[C@H](COC2O[C@H](COC(C)=O)[C@@H](OC(C)=O)[C@H](N=[N+]=[N-])[C@@H]2N=[N+]=[N-])[C@@H](OCc2ccccc2)[C@H](OCc2ccccc2)[C@H]1OCc1ccccc1. The standard InChI is InChI=1S/C38H44N6O11/c1-24(45)48-22-29-33(53-25(2)46)31(41-43-39)32(42-44-40)37(54-29)52-23-30-34(49-19-26-13-7-4-8-14-26)35(50-20-27-15-9-5-10-16-27)36(38(47-3)55-30)51-21-28-17-11-6-12-18-28/h4-18,29-38H,19-23H2,1-3H3/t29-,30-,31-,32+,33-,34-,35+,36-,37?,38+/m1/s1. The predicted octanol–water partition coefficient (Wildman–Crippen LogP) is 5.71. The molecule has 17 heteroatoms. The van der Waals surface area contributed by atoms with Gasteiger partial charge in [-0.15, -0.1) is 0 Å². The second kappa shape index (κ2) is 21.1. The van der Waals surface area contributed by atoms with Crippen LogP contribution in [-0.4, -0.2) is 93.5 Å². The number of azide groups is 2. The van der Waals surface area contributed by atoms with Crippen molar-refractivity contribution in [3.8, 4) is 0 Å². The molecule has 3 aromatic rings. The van der Waals surface area contributed by atoms with Crippen molar-refractivity contribution in [2.24, 2.45) is 10.2 Å². The zero-order valence-electron chi connectivity index (χ0n) is 30.6. The number of carbonyl (C=O) groups is 2. The zero-order valence-corrected chi connectivity index (χ0v) is 30.6. The van der Waals surface area contributed by atoms with E-state index in [1.54, 1.807) is 0 Å². The van der Waals surface area contributed by atoms with Gasteiger partial charge in [-0.2, -0.15) is 0 Å². The van der Waals surface area contributed by atoms with E-state index in [2.05, 4.69) is 20.1 Å². The van der Waals surface area contributed by atoms with Gasteiger partial charge >= 0.3 is 11.9 Å². The number of hydrogen-bond donors (Lipinski definition) is 0. The summed E-state index contributed by atoms with van der Waals surface area (Å²) in [6.07, 6.45) is -8.11. The third-order valence-electron chi connectivity index (χ3n) is 8.87. The monoisotopic (exact) mass is 760 g/mol. The average molecular weight is 761 g/mol. The molecular formula is C38H44N6O11. The van der Waals surface area contributed by atoms with E-state index in [9.17, 15) is 20.7 Å². The van der Waals surface area contributed by atoms with Gasteiger partial charge in [0.1, 0.15) is 49.3 Å². The molecule has 0 N–H and O–H groups in total. The Hall–Kier alpha value is -5.06. The summed E-state index contributed by atoms with van der Waals surface area (Å²) < 4.78 is 55.1. The second-order valence-corrected chi connectivity index (χ2v) is 12.7. The smallest absolute Gasteiger partial charge is 0.303 e. The Bertz CT molecular complexity index is 1750. The largest absolute Gasteiger partial charge is 0.463 e. The number of methoxy groups -OCH3 is 1. The van der Waals surface area contributed by atoms with Crippen LogP contribution in [0, 0.1) is 0 Å². The highest BCUT2D eigenvalue weighted by Gasteiger charge is 2.51. The van der Waals surface area contributed by atoms with Crippen LogP contribution in [0.3, 0.4) is 0 Å². The number of benzene rings is 3. The molecule has 17 nitrogen and oxygen atoms in total. The lowest BCUT2D eigenvalue weighted by molar-refractivity contribution is -0.332. The van der Waals surface area contributed by atoms with Crippen molar-refractivity contribution in [1.82, 2.24) is 0 Å². The molecule has 292 valence electrons. The van der Waals surface area contributed by atoms with Crippen LogP contribution in [0.4, 0.5) is 0 Å². The second-order valence-electron chi connectivity index (χ2n) is 12.7. The maximum atomic E-state index is 12.1. The van der Waals surface area contributed by atoms with Crippen molar-refractivity contribution < 1.29 is 52.2 Å². The summed E-state index contributed by atoms with van der Waals surface area (Å²) in [5.41, 5.74) is 21.7. The highest BCUT2D eigenvalue weighted by atomic mass is 16.7. The van der Waals surface area contributed by atoms with Crippen molar-refractivity contribution in [3.63, 3.8) is 0 Å². The molecule has 0 bridgehead atoms. The van der Waals surface area contributed by atoms with Crippen LogP contribution in [0.15, 0.2) is 101 Å². The molecule has 0 radical (unpaired) electrons. The van der Waals surface area contributed by atoms with Crippen LogP contribution in [-0.2, 0) is 72.0 Å². The molecule has 2 heterocycles. The molecule has 3 aromatic carbocycles. The average Bonchev–Trinajstić information content (AvgIpc) is 3.20. The lowest BCUT2D eigenvalue weighted by atomic mass is 9.95. The van der Waals surface area contributed by atoms with Gasteiger partial charge in [-0.3, -0.25) is 9.59 Å². The van der Waals surface area contributed by atoms with E-state index in [-0.39, 0.29) is 26.4 Å². The van der Waals surface area contributed by atoms with E-state index in [1.807, 2.05) is 91.0 Å². The van der Waals surface area contributed by atoms with Gasteiger partial charge in [-0.1, -0.05) is 101 Å². The predicted molar refractivity (Wildman–Crippen MR) is 193 cm³/mol. The zero-order chi connectivity index (χ0) is 39.0. The first kappa shape index (κ1) is 41.1. The molecule has 10 atom stereocenters. The minimum absolute atomic E-state index is 0.175. The van der Waals surface area contributed by atoms with E-state index in [0.29, 0.717) is 0 Å². The molecule has 0 saturated carbocycles. The summed E-state index contributed by atoms with van der Waals surface area (Å²) in [6.45, 7) is 2.31. The third-order valence-corrected chi connectivity index (χ3v) is 8.87. The Kier molecular flexibility index (Phi) is 15.8. The lowest BCUT2D eigenvalue weighted by Gasteiger charge is -2.46. The molecule has 5 rings (SSSR count). The summed E-state index contributed by atoms with van der Waals surface area (Å²) >= 11 is 0. The van der Waals surface area contributed by atoms with Gasteiger partial charge in [0, 0.05) is 30.8 Å². The summed E-state index contributed by atoms with van der Waals surface area (Å²) in [5.74, 6) is -1.37. The first-order valence-corrected chi connectivity index (χ1v) is 17.6. The van der Waals surface area contributed by atoms with Crippen LogP contribution in [0.5, 0.6) is 0 Å². The molecule has 2 saturated heterocycles. The maximum Gasteiger partial charge on any atom is 0.303 e. The molecular weight excluding hydrogens is 716 g/mol. The number of hydrogen-bond acceptors (Lipinski definition) is 13. The lowest BCUT2D eigenvalue weighted by Crippen LogP contribution is -2.63. The van der Waals surface area contributed by atoms with Crippen molar-refractivity contribution in [3.05, 3.63) is 129 Å². The Morgan fingerprint density at radius 1 is 0.600 bits per heavy atom. The normalized spacial score (nSPS) is 27.5. The van der Waals surface area contributed by atoms with Gasteiger partial charge in [0.05, 0.1) is 32.5 Å². The van der Waals surface area contributed by atoms with Gasteiger partial charge in [-0.05, 0) is 27.8 Å². The van der Waals surface area contributed by atoms with Gasteiger partial charge < -0.3 is 42.6 Å². The minimum Gasteiger partial charge on any atom is -0.463 e. The quantitative estimate of drug-likeness (QED) is 0.0663. The fourth-order valence-corrected chi connectivity index (χ4v) is 6.35. The molecule has 0 aromatic heterocycles.